The van der Waals surface area contributed by atoms with E-state index in [2.05, 4.69) is 33.4 Å². The Balaban J connectivity index is 2.10. The van der Waals surface area contributed by atoms with Gasteiger partial charge in [0.1, 0.15) is 11.6 Å². The lowest BCUT2D eigenvalue weighted by atomic mass is 10.1. The Bertz CT molecular complexity index is 559. The van der Waals surface area contributed by atoms with Crippen molar-refractivity contribution < 1.29 is 8.42 Å². The van der Waals surface area contributed by atoms with E-state index in [9.17, 15) is 8.42 Å². The summed E-state index contributed by atoms with van der Waals surface area (Å²) in [5, 5.41) is 0. The minimum Gasteiger partial charge on any atom is -0.355 e. The molecular weight excluding hydrogens is 276 g/mol. The average molecular weight is 298 g/mol. The predicted molar refractivity (Wildman–Crippen MR) is 79.3 cm³/mol. The maximum absolute atomic E-state index is 11.3. The summed E-state index contributed by atoms with van der Waals surface area (Å²) in [6.07, 6.45) is 4.79. The SMILES string of the molecule is CC(C)c1nccc(N2CCCC(NS(C)(=O)=O)C2)n1. The molecule has 0 spiro atoms. The first-order valence-electron chi connectivity index (χ1n) is 6.90. The molecule has 2 rings (SSSR count). The van der Waals surface area contributed by atoms with Gasteiger partial charge in [0, 0.05) is 31.2 Å². The van der Waals surface area contributed by atoms with Crippen LogP contribution in [0.15, 0.2) is 12.3 Å². The van der Waals surface area contributed by atoms with E-state index in [1.54, 1.807) is 6.20 Å². The monoisotopic (exact) mass is 298 g/mol. The number of hydrogen-bond acceptors (Lipinski definition) is 5. The van der Waals surface area contributed by atoms with Gasteiger partial charge in [0.2, 0.25) is 10.0 Å². The molecule has 7 heteroatoms. The molecule has 0 bridgehead atoms. The lowest BCUT2D eigenvalue weighted by molar-refractivity contribution is 0.465. The first kappa shape index (κ1) is 15.2. The smallest absolute Gasteiger partial charge is 0.209 e. The summed E-state index contributed by atoms with van der Waals surface area (Å²) in [5.41, 5.74) is 0. The van der Waals surface area contributed by atoms with E-state index in [1.165, 1.54) is 6.26 Å². The second kappa shape index (κ2) is 6.05. The fourth-order valence-electron chi connectivity index (χ4n) is 2.40. The van der Waals surface area contributed by atoms with E-state index in [-0.39, 0.29) is 12.0 Å². The largest absolute Gasteiger partial charge is 0.355 e. The summed E-state index contributed by atoms with van der Waals surface area (Å²) >= 11 is 0. The fourth-order valence-corrected chi connectivity index (χ4v) is 3.20. The van der Waals surface area contributed by atoms with Crippen molar-refractivity contribution in [1.82, 2.24) is 14.7 Å². The summed E-state index contributed by atoms with van der Waals surface area (Å²) in [5.74, 6) is 1.98. The molecule has 1 aromatic heterocycles. The molecule has 1 N–H and O–H groups in total. The molecule has 6 nitrogen and oxygen atoms in total. The molecule has 1 aliphatic heterocycles. The quantitative estimate of drug-likeness (QED) is 0.901. The average Bonchev–Trinajstić information content (AvgIpc) is 2.37. The Morgan fingerprint density at radius 3 is 2.85 bits per heavy atom. The molecule has 0 aromatic carbocycles. The van der Waals surface area contributed by atoms with E-state index >= 15 is 0 Å². The number of sulfonamides is 1. The minimum atomic E-state index is -3.16. The molecule has 0 aliphatic carbocycles. The van der Waals surface area contributed by atoms with Crippen molar-refractivity contribution in [3.05, 3.63) is 18.1 Å². The van der Waals surface area contributed by atoms with E-state index in [0.29, 0.717) is 6.54 Å². The zero-order chi connectivity index (χ0) is 14.8. The molecule has 0 amide bonds. The Hall–Kier alpha value is -1.21. The van der Waals surface area contributed by atoms with Crippen LogP contribution in [0.25, 0.3) is 0 Å². The van der Waals surface area contributed by atoms with Gasteiger partial charge in [-0.05, 0) is 18.9 Å². The van der Waals surface area contributed by atoms with Crippen LogP contribution in [0.4, 0.5) is 5.82 Å². The van der Waals surface area contributed by atoms with E-state index in [1.807, 2.05) is 6.07 Å². The van der Waals surface area contributed by atoms with Gasteiger partial charge in [-0.15, -0.1) is 0 Å². The van der Waals surface area contributed by atoms with Crippen molar-refractivity contribution in [2.24, 2.45) is 0 Å². The summed E-state index contributed by atoms with van der Waals surface area (Å²) in [6.45, 7) is 5.67. The van der Waals surface area contributed by atoms with Crippen molar-refractivity contribution in [2.75, 3.05) is 24.2 Å². The second-order valence-electron chi connectivity index (χ2n) is 5.60. The van der Waals surface area contributed by atoms with Gasteiger partial charge in [0.15, 0.2) is 0 Å². The second-order valence-corrected chi connectivity index (χ2v) is 7.38. The van der Waals surface area contributed by atoms with Crippen molar-refractivity contribution in [1.29, 1.82) is 0 Å². The van der Waals surface area contributed by atoms with Crippen LogP contribution in [0, 0.1) is 0 Å². The first-order valence-corrected chi connectivity index (χ1v) is 8.79. The Morgan fingerprint density at radius 2 is 2.20 bits per heavy atom. The fraction of sp³-hybridized carbons (Fsp3) is 0.692. The number of rotatable bonds is 4. The van der Waals surface area contributed by atoms with Gasteiger partial charge in [-0.2, -0.15) is 0 Å². The van der Waals surface area contributed by atoms with Crippen molar-refractivity contribution in [3.63, 3.8) is 0 Å². The summed E-state index contributed by atoms with van der Waals surface area (Å²) in [4.78, 5) is 11.0. The van der Waals surface area contributed by atoms with Crippen LogP contribution in [-0.2, 0) is 10.0 Å². The topological polar surface area (TPSA) is 75.2 Å². The van der Waals surface area contributed by atoms with Crippen molar-refractivity contribution in [3.8, 4) is 0 Å². The molecule has 1 saturated heterocycles. The van der Waals surface area contributed by atoms with Gasteiger partial charge < -0.3 is 4.90 Å². The van der Waals surface area contributed by atoms with E-state index in [0.717, 1.165) is 31.0 Å². The lowest BCUT2D eigenvalue weighted by Crippen LogP contribution is -2.47. The molecule has 1 unspecified atom stereocenters. The number of anilines is 1. The zero-order valence-electron chi connectivity index (χ0n) is 12.2. The molecule has 20 heavy (non-hydrogen) atoms. The molecule has 112 valence electrons. The van der Waals surface area contributed by atoms with Crippen LogP contribution in [0.3, 0.4) is 0 Å². The Morgan fingerprint density at radius 1 is 1.45 bits per heavy atom. The molecule has 1 aromatic rings. The number of aromatic nitrogens is 2. The highest BCUT2D eigenvalue weighted by atomic mass is 32.2. The van der Waals surface area contributed by atoms with Gasteiger partial charge in [0.25, 0.3) is 0 Å². The molecule has 1 fully saturated rings. The van der Waals surface area contributed by atoms with E-state index in [4.69, 9.17) is 0 Å². The number of nitrogens with zero attached hydrogens (tertiary/aromatic N) is 3. The third kappa shape index (κ3) is 4.14. The number of hydrogen-bond donors (Lipinski definition) is 1. The molecular formula is C13H22N4O2S. The van der Waals surface area contributed by atoms with Gasteiger partial charge >= 0.3 is 0 Å². The third-order valence-electron chi connectivity index (χ3n) is 3.30. The third-order valence-corrected chi connectivity index (χ3v) is 4.06. The molecule has 1 atom stereocenters. The summed E-state index contributed by atoms with van der Waals surface area (Å²) in [6, 6.07) is 1.84. The Labute approximate surface area is 120 Å². The highest BCUT2D eigenvalue weighted by Crippen LogP contribution is 2.19. The van der Waals surface area contributed by atoms with Crippen LogP contribution in [0.1, 0.15) is 38.4 Å². The molecule has 2 heterocycles. The van der Waals surface area contributed by atoms with Crippen molar-refractivity contribution >= 4 is 15.8 Å². The molecule has 0 saturated carbocycles. The normalized spacial score (nSPS) is 20.4. The van der Waals surface area contributed by atoms with Gasteiger partial charge in [-0.25, -0.2) is 23.1 Å². The van der Waals surface area contributed by atoms with Crippen LogP contribution >= 0.6 is 0 Å². The van der Waals surface area contributed by atoms with Crippen LogP contribution in [0.2, 0.25) is 0 Å². The zero-order valence-corrected chi connectivity index (χ0v) is 13.0. The van der Waals surface area contributed by atoms with Gasteiger partial charge in [-0.3, -0.25) is 0 Å². The first-order chi connectivity index (χ1) is 9.35. The highest BCUT2D eigenvalue weighted by Gasteiger charge is 2.23. The van der Waals surface area contributed by atoms with Gasteiger partial charge in [-0.1, -0.05) is 13.8 Å². The predicted octanol–water partition coefficient (Wildman–Crippen LogP) is 1.12. The molecule has 0 radical (unpaired) electrons. The van der Waals surface area contributed by atoms with E-state index < -0.39 is 10.0 Å². The van der Waals surface area contributed by atoms with Crippen LogP contribution in [-0.4, -0.2) is 43.8 Å². The standard InChI is InChI=1S/C13H22N4O2S/c1-10(2)13-14-7-6-12(15-13)17-8-4-5-11(9-17)16-20(3,18)19/h6-7,10-11,16H,4-5,8-9H2,1-3H3. The highest BCUT2D eigenvalue weighted by molar-refractivity contribution is 7.88. The lowest BCUT2D eigenvalue weighted by Gasteiger charge is -2.33. The summed E-state index contributed by atoms with van der Waals surface area (Å²) in [7, 11) is -3.16. The molecule has 1 aliphatic rings. The van der Waals surface area contributed by atoms with Crippen LogP contribution < -0.4 is 9.62 Å². The van der Waals surface area contributed by atoms with Crippen molar-refractivity contribution in [2.45, 2.75) is 38.6 Å². The van der Waals surface area contributed by atoms with Crippen LogP contribution in [0.5, 0.6) is 0 Å². The van der Waals surface area contributed by atoms with Gasteiger partial charge in [0.05, 0.1) is 6.26 Å². The maximum atomic E-state index is 11.3. The minimum absolute atomic E-state index is 0.0452. The summed E-state index contributed by atoms with van der Waals surface area (Å²) < 4.78 is 25.3. The Kier molecular flexibility index (Phi) is 4.59. The number of piperidine rings is 1. The maximum Gasteiger partial charge on any atom is 0.209 e. The number of nitrogens with one attached hydrogen (secondary N) is 1.